The maximum atomic E-state index is 11.7. The van der Waals surface area contributed by atoms with Crippen LogP contribution in [0.1, 0.15) is 24.2 Å². The number of aliphatic hydroxyl groups is 1. The highest BCUT2D eigenvalue weighted by Gasteiger charge is 2.21. The van der Waals surface area contributed by atoms with E-state index in [2.05, 4.69) is 5.32 Å². The van der Waals surface area contributed by atoms with Crippen molar-refractivity contribution in [3.8, 4) is 0 Å². The molecule has 0 aliphatic carbocycles. The smallest absolute Gasteiger partial charge is 0.282 e. The standard InChI is InChI=1S/C11H14N2O4/c1-11(2,15)7-12-10(14)8-5-3-4-6-9(8)13(16)17/h3-6,15H,7H2,1-2H3,(H,12,14). The van der Waals surface area contributed by atoms with E-state index in [9.17, 15) is 20.0 Å². The van der Waals surface area contributed by atoms with Crippen LogP contribution in [0.3, 0.4) is 0 Å². The number of benzene rings is 1. The fourth-order valence-corrected chi connectivity index (χ4v) is 1.22. The zero-order chi connectivity index (χ0) is 13.1. The Morgan fingerprint density at radius 1 is 1.47 bits per heavy atom. The molecule has 0 aliphatic heterocycles. The number of amides is 1. The molecule has 6 heteroatoms. The molecule has 0 saturated heterocycles. The van der Waals surface area contributed by atoms with E-state index in [1.54, 1.807) is 6.07 Å². The number of nitrogens with zero attached hydrogens (tertiary/aromatic N) is 1. The lowest BCUT2D eigenvalue weighted by Gasteiger charge is -2.17. The molecule has 0 radical (unpaired) electrons. The summed E-state index contributed by atoms with van der Waals surface area (Å²) in [6.45, 7) is 3.09. The molecule has 1 aromatic rings. The summed E-state index contributed by atoms with van der Waals surface area (Å²) in [5.74, 6) is -0.570. The first-order chi connectivity index (χ1) is 7.81. The highest BCUT2D eigenvalue weighted by molar-refractivity contribution is 5.98. The average Bonchev–Trinajstić information content (AvgIpc) is 2.25. The Morgan fingerprint density at radius 3 is 2.59 bits per heavy atom. The number of nitrogens with one attached hydrogen (secondary N) is 1. The van der Waals surface area contributed by atoms with Crippen molar-refractivity contribution in [1.82, 2.24) is 5.32 Å². The van der Waals surface area contributed by atoms with Gasteiger partial charge in [-0.1, -0.05) is 12.1 Å². The van der Waals surface area contributed by atoms with Gasteiger partial charge in [-0.2, -0.15) is 0 Å². The number of hydrogen-bond donors (Lipinski definition) is 2. The molecule has 1 aromatic carbocycles. The summed E-state index contributed by atoms with van der Waals surface area (Å²) < 4.78 is 0. The van der Waals surface area contributed by atoms with E-state index >= 15 is 0 Å². The van der Waals surface area contributed by atoms with Gasteiger partial charge in [0.1, 0.15) is 5.56 Å². The van der Waals surface area contributed by atoms with Crippen molar-refractivity contribution >= 4 is 11.6 Å². The van der Waals surface area contributed by atoms with E-state index in [-0.39, 0.29) is 17.8 Å². The Balaban J connectivity index is 2.86. The highest BCUT2D eigenvalue weighted by atomic mass is 16.6. The van der Waals surface area contributed by atoms with Gasteiger partial charge in [0.2, 0.25) is 0 Å². The zero-order valence-corrected chi connectivity index (χ0v) is 9.64. The molecule has 0 saturated carbocycles. The predicted molar refractivity (Wildman–Crippen MR) is 61.7 cm³/mol. The largest absolute Gasteiger partial charge is 0.389 e. The van der Waals surface area contributed by atoms with Crippen LogP contribution < -0.4 is 5.32 Å². The van der Waals surface area contributed by atoms with Gasteiger partial charge in [0, 0.05) is 12.6 Å². The van der Waals surface area contributed by atoms with Gasteiger partial charge in [0.05, 0.1) is 10.5 Å². The van der Waals surface area contributed by atoms with Gasteiger partial charge in [-0.15, -0.1) is 0 Å². The van der Waals surface area contributed by atoms with Gasteiger partial charge in [-0.05, 0) is 19.9 Å². The van der Waals surface area contributed by atoms with Crippen molar-refractivity contribution < 1.29 is 14.8 Å². The van der Waals surface area contributed by atoms with Crippen molar-refractivity contribution in [2.75, 3.05) is 6.54 Å². The number of nitro benzene ring substituents is 1. The molecule has 1 amide bonds. The number of carbonyl (C=O) groups excluding carboxylic acids is 1. The summed E-state index contributed by atoms with van der Waals surface area (Å²) in [6.07, 6.45) is 0. The number of para-hydroxylation sites is 1. The summed E-state index contributed by atoms with van der Waals surface area (Å²) >= 11 is 0. The Labute approximate surface area is 98.4 Å². The summed E-state index contributed by atoms with van der Waals surface area (Å²) in [4.78, 5) is 21.8. The van der Waals surface area contributed by atoms with Gasteiger partial charge < -0.3 is 10.4 Å². The fourth-order valence-electron chi connectivity index (χ4n) is 1.22. The predicted octanol–water partition coefficient (Wildman–Crippen LogP) is 1.10. The Morgan fingerprint density at radius 2 is 2.06 bits per heavy atom. The zero-order valence-electron chi connectivity index (χ0n) is 9.64. The monoisotopic (exact) mass is 238 g/mol. The third kappa shape index (κ3) is 3.84. The van der Waals surface area contributed by atoms with Crippen LogP contribution in [0.4, 0.5) is 5.69 Å². The summed E-state index contributed by atoms with van der Waals surface area (Å²) in [5.41, 5.74) is -1.32. The fraction of sp³-hybridized carbons (Fsp3) is 0.364. The molecule has 0 unspecified atom stereocenters. The lowest BCUT2D eigenvalue weighted by Crippen LogP contribution is -2.38. The third-order valence-electron chi connectivity index (χ3n) is 2.03. The van der Waals surface area contributed by atoms with Gasteiger partial charge in [0.15, 0.2) is 0 Å². The van der Waals surface area contributed by atoms with Crippen molar-refractivity contribution in [3.05, 3.63) is 39.9 Å². The first-order valence-electron chi connectivity index (χ1n) is 5.05. The van der Waals surface area contributed by atoms with Crippen molar-refractivity contribution in [3.63, 3.8) is 0 Å². The minimum Gasteiger partial charge on any atom is -0.389 e. The van der Waals surface area contributed by atoms with E-state index in [1.807, 2.05) is 0 Å². The van der Waals surface area contributed by atoms with Crippen LogP contribution in [-0.4, -0.2) is 28.1 Å². The molecule has 92 valence electrons. The molecule has 6 nitrogen and oxygen atoms in total. The Hall–Kier alpha value is -1.95. The summed E-state index contributed by atoms with van der Waals surface area (Å²) in [5, 5.41) is 22.6. The molecular formula is C11H14N2O4. The molecule has 0 fully saturated rings. The van der Waals surface area contributed by atoms with Crippen LogP contribution >= 0.6 is 0 Å². The number of carbonyl (C=O) groups is 1. The van der Waals surface area contributed by atoms with Gasteiger partial charge in [-0.25, -0.2) is 0 Å². The van der Waals surface area contributed by atoms with Crippen LogP contribution in [0.25, 0.3) is 0 Å². The lowest BCUT2D eigenvalue weighted by atomic mass is 10.1. The molecule has 0 spiro atoms. The molecule has 1 rings (SSSR count). The molecule has 0 aliphatic rings. The highest BCUT2D eigenvalue weighted by Crippen LogP contribution is 2.17. The van der Waals surface area contributed by atoms with Gasteiger partial charge in [0.25, 0.3) is 11.6 Å². The van der Waals surface area contributed by atoms with Gasteiger partial charge in [-0.3, -0.25) is 14.9 Å². The SMILES string of the molecule is CC(C)(O)CNC(=O)c1ccccc1[N+](=O)[O-]. The van der Waals surface area contributed by atoms with E-state index in [4.69, 9.17) is 0 Å². The summed E-state index contributed by atoms with van der Waals surface area (Å²) in [6, 6.07) is 5.67. The lowest BCUT2D eigenvalue weighted by molar-refractivity contribution is -0.385. The first kappa shape index (κ1) is 13.1. The quantitative estimate of drug-likeness (QED) is 0.606. The Kier molecular flexibility index (Phi) is 3.80. The number of hydrogen-bond acceptors (Lipinski definition) is 4. The van der Waals surface area contributed by atoms with Crippen LogP contribution in [-0.2, 0) is 0 Å². The van der Waals surface area contributed by atoms with Crippen molar-refractivity contribution in [2.45, 2.75) is 19.4 Å². The molecule has 2 N–H and O–H groups in total. The van der Waals surface area contributed by atoms with Crippen molar-refractivity contribution in [2.24, 2.45) is 0 Å². The second kappa shape index (κ2) is 4.92. The first-order valence-corrected chi connectivity index (χ1v) is 5.05. The molecular weight excluding hydrogens is 224 g/mol. The Bertz CT molecular complexity index is 437. The molecule has 0 heterocycles. The van der Waals surface area contributed by atoms with Crippen LogP contribution in [0, 0.1) is 10.1 Å². The molecule has 0 aromatic heterocycles. The minimum absolute atomic E-state index is 0.0123. The number of rotatable bonds is 4. The maximum absolute atomic E-state index is 11.7. The second-order valence-corrected chi connectivity index (χ2v) is 4.27. The minimum atomic E-state index is -1.06. The average molecular weight is 238 g/mol. The molecule has 17 heavy (non-hydrogen) atoms. The van der Waals surface area contributed by atoms with E-state index in [1.165, 1.54) is 32.0 Å². The summed E-state index contributed by atoms with van der Waals surface area (Å²) in [7, 11) is 0. The van der Waals surface area contributed by atoms with E-state index in [0.29, 0.717) is 0 Å². The van der Waals surface area contributed by atoms with Crippen LogP contribution in [0.2, 0.25) is 0 Å². The second-order valence-electron chi connectivity index (χ2n) is 4.27. The normalized spacial score (nSPS) is 11.0. The van der Waals surface area contributed by atoms with Crippen LogP contribution in [0.15, 0.2) is 24.3 Å². The maximum Gasteiger partial charge on any atom is 0.282 e. The van der Waals surface area contributed by atoms with Gasteiger partial charge >= 0.3 is 0 Å². The number of nitro groups is 1. The molecule has 0 atom stereocenters. The van der Waals surface area contributed by atoms with E-state index < -0.39 is 16.4 Å². The third-order valence-corrected chi connectivity index (χ3v) is 2.03. The topological polar surface area (TPSA) is 92.5 Å². The van der Waals surface area contributed by atoms with Crippen molar-refractivity contribution in [1.29, 1.82) is 0 Å². The van der Waals surface area contributed by atoms with Crippen LogP contribution in [0.5, 0.6) is 0 Å². The molecule has 0 bridgehead atoms. The van der Waals surface area contributed by atoms with E-state index in [0.717, 1.165) is 0 Å².